The standard InChI is InChI=1S/C12H16N2O3/c1-4-17-12(15)14(2)13-9-10-5-7-11(16-3)8-6-10/h5-9H,4H2,1-3H3/b13-9+. The van der Waals surface area contributed by atoms with E-state index in [1.807, 2.05) is 24.3 Å². The van der Waals surface area contributed by atoms with Crippen molar-refractivity contribution >= 4 is 12.3 Å². The van der Waals surface area contributed by atoms with Gasteiger partial charge in [-0.3, -0.25) is 0 Å². The van der Waals surface area contributed by atoms with Crippen LogP contribution in [0.1, 0.15) is 12.5 Å². The summed E-state index contributed by atoms with van der Waals surface area (Å²) >= 11 is 0. The van der Waals surface area contributed by atoms with Gasteiger partial charge in [-0.05, 0) is 36.8 Å². The first-order valence-electron chi connectivity index (χ1n) is 5.26. The number of hydrogen-bond donors (Lipinski definition) is 0. The number of methoxy groups -OCH3 is 1. The monoisotopic (exact) mass is 236 g/mol. The summed E-state index contributed by atoms with van der Waals surface area (Å²) in [6, 6.07) is 7.35. The van der Waals surface area contributed by atoms with Crippen molar-refractivity contribution in [3.05, 3.63) is 29.8 Å². The van der Waals surface area contributed by atoms with E-state index in [4.69, 9.17) is 9.47 Å². The maximum absolute atomic E-state index is 11.2. The number of carbonyl (C=O) groups excluding carboxylic acids is 1. The Morgan fingerprint density at radius 2 is 2.06 bits per heavy atom. The van der Waals surface area contributed by atoms with Gasteiger partial charge in [-0.2, -0.15) is 5.10 Å². The van der Waals surface area contributed by atoms with Gasteiger partial charge in [0.2, 0.25) is 0 Å². The van der Waals surface area contributed by atoms with Crippen molar-refractivity contribution in [3.63, 3.8) is 0 Å². The third-order valence-electron chi connectivity index (χ3n) is 2.03. The van der Waals surface area contributed by atoms with Gasteiger partial charge >= 0.3 is 6.09 Å². The molecule has 0 unspecified atom stereocenters. The van der Waals surface area contributed by atoms with Crippen molar-refractivity contribution in [1.82, 2.24) is 5.01 Å². The number of carbonyl (C=O) groups is 1. The van der Waals surface area contributed by atoms with E-state index in [0.29, 0.717) is 6.61 Å². The van der Waals surface area contributed by atoms with E-state index in [9.17, 15) is 4.79 Å². The minimum atomic E-state index is -0.475. The highest BCUT2D eigenvalue weighted by molar-refractivity contribution is 5.80. The van der Waals surface area contributed by atoms with Crippen molar-refractivity contribution in [2.45, 2.75) is 6.92 Å². The van der Waals surface area contributed by atoms with Crippen LogP contribution in [0.25, 0.3) is 0 Å². The lowest BCUT2D eigenvalue weighted by Gasteiger charge is -2.09. The van der Waals surface area contributed by atoms with E-state index in [1.54, 1.807) is 20.2 Å². The Kier molecular flexibility index (Phi) is 5.00. The topological polar surface area (TPSA) is 51.1 Å². The lowest BCUT2D eigenvalue weighted by atomic mass is 10.2. The second-order valence-corrected chi connectivity index (χ2v) is 3.24. The van der Waals surface area contributed by atoms with E-state index in [2.05, 4.69) is 5.10 Å². The lowest BCUT2D eigenvalue weighted by molar-refractivity contribution is 0.117. The second-order valence-electron chi connectivity index (χ2n) is 3.24. The molecule has 5 nitrogen and oxygen atoms in total. The molecule has 1 aromatic rings. The second kappa shape index (κ2) is 6.52. The summed E-state index contributed by atoms with van der Waals surface area (Å²) in [7, 11) is 3.15. The third kappa shape index (κ3) is 4.14. The van der Waals surface area contributed by atoms with Crippen LogP contribution in [0.4, 0.5) is 4.79 Å². The van der Waals surface area contributed by atoms with Crippen molar-refractivity contribution in [1.29, 1.82) is 0 Å². The molecule has 5 heteroatoms. The Balaban J connectivity index is 2.60. The molecule has 0 aliphatic rings. The van der Waals surface area contributed by atoms with Crippen LogP contribution in [0.3, 0.4) is 0 Å². The van der Waals surface area contributed by atoms with Crippen molar-refractivity contribution < 1.29 is 14.3 Å². The van der Waals surface area contributed by atoms with Gasteiger partial charge in [-0.25, -0.2) is 9.80 Å². The van der Waals surface area contributed by atoms with Gasteiger partial charge in [0.1, 0.15) is 5.75 Å². The third-order valence-corrected chi connectivity index (χ3v) is 2.03. The summed E-state index contributed by atoms with van der Waals surface area (Å²) in [5.41, 5.74) is 0.877. The van der Waals surface area contributed by atoms with Crippen LogP contribution in [0.15, 0.2) is 29.4 Å². The van der Waals surface area contributed by atoms with Crippen LogP contribution in [-0.2, 0) is 4.74 Å². The fourth-order valence-electron chi connectivity index (χ4n) is 1.11. The van der Waals surface area contributed by atoms with Crippen LogP contribution in [0.2, 0.25) is 0 Å². The van der Waals surface area contributed by atoms with Crippen LogP contribution in [0.5, 0.6) is 5.75 Å². The van der Waals surface area contributed by atoms with Crippen molar-refractivity contribution in [2.75, 3.05) is 20.8 Å². The van der Waals surface area contributed by atoms with Gasteiger partial charge in [0.05, 0.1) is 19.9 Å². The minimum Gasteiger partial charge on any atom is -0.497 e. The Morgan fingerprint density at radius 3 is 2.59 bits per heavy atom. The number of ether oxygens (including phenoxy) is 2. The average Bonchev–Trinajstić information content (AvgIpc) is 2.36. The first-order valence-corrected chi connectivity index (χ1v) is 5.26. The summed E-state index contributed by atoms with van der Waals surface area (Å²) in [6.07, 6.45) is 1.10. The molecule has 0 fully saturated rings. The summed E-state index contributed by atoms with van der Waals surface area (Å²) < 4.78 is 9.82. The molecule has 1 amide bonds. The predicted molar refractivity (Wildman–Crippen MR) is 65.4 cm³/mol. The first kappa shape index (κ1) is 13.0. The summed E-state index contributed by atoms with van der Waals surface area (Å²) in [4.78, 5) is 11.2. The Hall–Kier alpha value is -2.04. The Bertz CT molecular complexity index is 387. The van der Waals surface area contributed by atoms with Gasteiger partial charge in [0.25, 0.3) is 0 Å². The molecule has 0 aromatic heterocycles. The molecule has 0 aliphatic carbocycles. The van der Waals surface area contributed by atoms with Crippen LogP contribution in [-0.4, -0.2) is 38.1 Å². The number of hydrogen-bond acceptors (Lipinski definition) is 4. The minimum absolute atomic E-state index is 0.335. The largest absolute Gasteiger partial charge is 0.497 e. The molecule has 0 aliphatic heterocycles. The molecule has 0 spiro atoms. The summed E-state index contributed by atoms with van der Waals surface area (Å²) in [5, 5.41) is 5.11. The quantitative estimate of drug-likeness (QED) is 0.594. The zero-order chi connectivity index (χ0) is 12.7. The number of amides is 1. The van der Waals surface area contributed by atoms with E-state index in [1.165, 1.54) is 7.05 Å². The van der Waals surface area contributed by atoms with Gasteiger partial charge < -0.3 is 9.47 Å². The molecule has 17 heavy (non-hydrogen) atoms. The molecule has 0 atom stereocenters. The van der Waals surface area contributed by atoms with Crippen LogP contribution < -0.4 is 4.74 Å². The highest BCUT2D eigenvalue weighted by atomic mass is 16.6. The van der Waals surface area contributed by atoms with Crippen LogP contribution in [0, 0.1) is 0 Å². The van der Waals surface area contributed by atoms with Gasteiger partial charge in [-0.15, -0.1) is 0 Å². The molecular weight excluding hydrogens is 220 g/mol. The molecule has 0 bridgehead atoms. The van der Waals surface area contributed by atoms with Crippen molar-refractivity contribution in [3.8, 4) is 5.75 Å². The molecule has 0 N–H and O–H groups in total. The molecule has 0 saturated heterocycles. The van der Waals surface area contributed by atoms with Crippen molar-refractivity contribution in [2.24, 2.45) is 5.10 Å². The highest BCUT2D eigenvalue weighted by Gasteiger charge is 2.05. The Morgan fingerprint density at radius 1 is 1.41 bits per heavy atom. The van der Waals surface area contributed by atoms with E-state index in [-0.39, 0.29) is 0 Å². The highest BCUT2D eigenvalue weighted by Crippen LogP contribution is 2.09. The zero-order valence-electron chi connectivity index (χ0n) is 10.2. The molecular formula is C12H16N2O3. The predicted octanol–water partition coefficient (Wildman–Crippen LogP) is 2.12. The van der Waals surface area contributed by atoms with E-state index >= 15 is 0 Å². The van der Waals surface area contributed by atoms with E-state index < -0.39 is 6.09 Å². The van der Waals surface area contributed by atoms with Crippen LogP contribution >= 0.6 is 0 Å². The molecule has 0 radical (unpaired) electrons. The average molecular weight is 236 g/mol. The fraction of sp³-hybridized carbons (Fsp3) is 0.333. The number of nitrogens with zero attached hydrogens (tertiary/aromatic N) is 2. The SMILES string of the molecule is CCOC(=O)N(C)/N=C/c1ccc(OC)cc1. The van der Waals surface area contributed by atoms with Gasteiger partial charge in [-0.1, -0.05) is 0 Å². The molecule has 0 saturated carbocycles. The normalized spacial score (nSPS) is 10.3. The first-order chi connectivity index (χ1) is 8.17. The maximum Gasteiger partial charge on any atom is 0.430 e. The van der Waals surface area contributed by atoms with Gasteiger partial charge in [0, 0.05) is 7.05 Å². The lowest BCUT2D eigenvalue weighted by Crippen LogP contribution is -2.22. The van der Waals surface area contributed by atoms with Gasteiger partial charge in [0.15, 0.2) is 0 Å². The zero-order valence-corrected chi connectivity index (χ0v) is 10.2. The molecule has 92 valence electrons. The number of rotatable bonds is 4. The summed E-state index contributed by atoms with van der Waals surface area (Å²) in [5.74, 6) is 0.779. The molecule has 1 rings (SSSR count). The number of hydrazone groups is 1. The smallest absolute Gasteiger partial charge is 0.430 e. The fourth-order valence-corrected chi connectivity index (χ4v) is 1.11. The number of benzene rings is 1. The maximum atomic E-state index is 11.2. The van der Waals surface area contributed by atoms with E-state index in [0.717, 1.165) is 16.3 Å². The Labute approximate surface area is 101 Å². The molecule has 0 heterocycles. The molecule has 1 aromatic carbocycles. The summed E-state index contributed by atoms with van der Waals surface area (Å²) in [6.45, 7) is 2.08.